The number of esters is 1. The zero-order valence-corrected chi connectivity index (χ0v) is 10.5. The van der Waals surface area contributed by atoms with Gasteiger partial charge in [-0.05, 0) is 12.5 Å². The quantitative estimate of drug-likeness (QED) is 0.411. The number of carbonyl (C=O) groups is 1. The summed E-state index contributed by atoms with van der Waals surface area (Å²) in [6.45, 7) is 0. The molecule has 6 heteroatoms. The molecule has 0 aliphatic heterocycles. The third-order valence-electron chi connectivity index (χ3n) is 3.13. The summed E-state index contributed by atoms with van der Waals surface area (Å²) in [5.41, 5.74) is 8.15. The van der Waals surface area contributed by atoms with Crippen molar-refractivity contribution in [3.05, 3.63) is 35.4 Å². The molecule has 1 aromatic rings. The summed E-state index contributed by atoms with van der Waals surface area (Å²) < 4.78 is 4.74. The molecule has 98 valence electrons. The van der Waals surface area contributed by atoms with E-state index in [1.807, 2.05) is 0 Å². The summed E-state index contributed by atoms with van der Waals surface area (Å²) in [7, 11) is 3.10. The van der Waals surface area contributed by atoms with Gasteiger partial charge in [0, 0.05) is 42.7 Å². The summed E-state index contributed by atoms with van der Waals surface area (Å²) in [4.78, 5) is 14.7. The number of methoxy groups -OCH3 is 1. The highest BCUT2D eigenvalue weighted by Gasteiger charge is 2.43. The van der Waals surface area contributed by atoms with Gasteiger partial charge >= 0.3 is 5.97 Å². The van der Waals surface area contributed by atoms with Gasteiger partial charge in [0.1, 0.15) is 0 Å². The summed E-state index contributed by atoms with van der Waals surface area (Å²) in [5, 5.41) is 1.43. The average Bonchev–Trinajstić information content (AvgIpc) is 2.97. The maximum atomic E-state index is 11.6. The molecule has 5 N–H and O–H groups in total. The van der Waals surface area contributed by atoms with Gasteiger partial charge in [0.05, 0.1) is 12.7 Å². The fourth-order valence-corrected chi connectivity index (χ4v) is 2.19. The van der Waals surface area contributed by atoms with Gasteiger partial charge in [-0.15, -0.1) is 0 Å². The van der Waals surface area contributed by atoms with Crippen LogP contribution < -0.4 is 11.6 Å². The first-order valence-corrected chi connectivity index (χ1v) is 5.75. The Morgan fingerprint density at radius 2 is 2.39 bits per heavy atom. The van der Waals surface area contributed by atoms with Crippen molar-refractivity contribution in [2.24, 2.45) is 17.5 Å². The number of hydrogen-bond donors (Lipinski definition) is 3. The fourth-order valence-electron chi connectivity index (χ4n) is 2.19. The Kier molecular flexibility index (Phi) is 3.29. The molecule has 0 saturated heterocycles. The number of hydrazine groups is 1. The average molecular weight is 250 g/mol. The second-order valence-corrected chi connectivity index (χ2v) is 4.54. The van der Waals surface area contributed by atoms with Crippen LogP contribution in [0, 0.1) is 5.92 Å². The Labute approximate surface area is 106 Å². The monoisotopic (exact) mass is 250 g/mol. The molecular formula is C12H18N4O2. The topological polar surface area (TPSA) is 97.4 Å². The highest BCUT2D eigenvalue weighted by Crippen LogP contribution is 2.50. The van der Waals surface area contributed by atoms with Gasteiger partial charge < -0.3 is 20.5 Å². The SMILES string of the molecule is COC(=O)c1cc[nH]c1[C@@H]1CC1/C(N)=C/N(C)N. The minimum absolute atomic E-state index is 0.234. The zero-order chi connectivity index (χ0) is 13.3. The number of aromatic nitrogens is 1. The van der Waals surface area contributed by atoms with Crippen molar-refractivity contribution in [3.63, 3.8) is 0 Å². The highest BCUT2D eigenvalue weighted by molar-refractivity contribution is 5.91. The molecular weight excluding hydrogens is 232 g/mol. The Bertz CT molecular complexity index is 478. The number of ether oxygens (including phenoxy) is 1. The minimum Gasteiger partial charge on any atom is -0.465 e. The predicted molar refractivity (Wildman–Crippen MR) is 67.2 cm³/mol. The third kappa shape index (κ3) is 2.33. The molecule has 6 nitrogen and oxygen atoms in total. The Balaban J connectivity index is 2.13. The van der Waals surface area contributed by atoms with E-state index < -0.39 is 0 Å². The van der Waals surface area contributed by atoms with E-state index in [1.165, 1.54) is 12.1 Å². The number of allylic oxidation sites excluding steroid dienone is 1. The number of rotatable bonds is 4. The molecule has 0 radical (unpaired) electrons. The number of aromatic amines is 1. The zero-order valence-electron chi connectivity index (χ0n) is 10.5. The number of hydrogen-bond acceptors (Lipinski definition) is 5. The molecule has 1 aliphatic carbocycles. The van der Waals surface area contributed by atoms with Crippen molar-refractivity contribution in [1.82, 2.24) is 9.99 Å². The lowest BCUT2D eigenvalue weighted by Crippen LogP contribution is -2.21. The van der Waals surface area contributed by atoms with Crippen LogP contribution >= 0.6 is 0 Å². The molecule has 1 unspecified atom stereocenters. The van der Waals surface area contributed by atoms with Gasteiger partial charge in [0.15, 0.2) is 0 Å². The van der Waals surface area contributed by atoms with Crippen LogP contribution in [0.2, 0.25) is 0 Å². The smallest absolute Gasteiger partial charge is 0.339 e. The van der Waals surface area contributed by atoms with Crippen molar-refractivity contribution >= 4 is 5.97 Å². The largest absolute Gasteiger partial charge is 0.465 e. The van der Waals surface area contributed by atoms with E-state index in [0.717, 1.165) is 17.8 Å². The maximum absolute atomic E-state index is 11.6. The van der Waals surface area contributed by atoms with E-state index in [-0.39, 0.29) is 17.8 Å². The minimum atomic E-state index is -0.324. The summed E-state index contributed by atoms with van der Waals surface area (Å²) in [5.74, 6) is 5.67. The Morgan fingerprint density at radius 3 is 3.00 bits per heavy atom. The highest BCUT2D eigenvalue weighted by atomic mass is 16.5. The van der Waals surface area contributed by atoms with E-state index >= 15 is 0 Å². The van der Waals surface area contributed by atoms with Gasteiger partial charge in [-0.3, -0.25) is 0 Å². The van der Waals surface area contributed by atoms with Gasteiger partial charge in [-0.1, -0.05) is 0 Å². The lowest BCUT2D eigenvalue weighted by atomic mass is 10.1. The van der Waals surface area contributed by atoms with Crippen LogP contribution in [-0.4, -0.2) is 30.1 Å². The molecule has 1 aromatic heterocycles. The molecule has 0 bridgehead atoms. The van der Waals surface area contributed by atoms with Crippen LogP contribution in [0.5, 0.6) is 0 Å². The van der Waals surface area contributed by atoms with Gasteiger partial charge in [-0.25, -0.2) is 10.6 Å². The molecule has 0 spiro atoms. The van der Waals surface area contributed by atoms with Crippen LogP contribution in [-0.2, 0) is 4.74 Å². The van der Waals surface area contributed by atoms with Gasteiger partial charge in [0.25, 0.3) is 0 Å². The predicted octanol–water partition coefficient (Wildman–Crippen LogP) is 0.510. The van der Waals surface area contributed by atoms with Crippen LogP contribution in [0.15, 0.2) is 24.2 Å². The summed E-state index contributed by atoms with van der Waals surface area (Å²) >= 11 is 0. The summed E-state index contributed by atoms with van der Waals surface area (Å²) in [6.07, 6.45) is 4.36. The lowest BCUT2D eigenvalue weighted by molar-refractivity contribution is 0.0599. The van der Waals surface area contributed by atoms with Crippen LogP contribution in [0.1, 0.15) is 28.4 Å². The molecule has 1 heterocycles. The van der Waals surface area contributed by atoms with Gasteiger partial charge in [0.2, 0.25) is 0 Å². The van der Waals surface area contributed by atoms with E-state index in [1.54, 1.807) is 25.5 Å². The van der Waals surface area contributed by atoms with Crippen molar-refractivity contribution < 1.29 is 9.53 Å². The van der Waals surface area contributed by atoms with Gasteiger partial charge in [-0.2, -0.15) is 0 Å². The molecule has 2 atom stereocenters. The van der Waals surface area contributed by atoms with Crippen molar-refractivity contribution in [2.75, 3.05) is 14.2 Å². The van der Waals surface area contributed by atoms with E-state index in [2.05, 4.69) is 4.98 Å². The molecule has 0 aromatic carbocycles. The number of carbonyl (C=O) groups excluding carboxylic acids is 1. The Morgan fingerprint density at radius 1 is 1.67 bits per heavy atom. The lowest BCUT2D eigenvalue weighted by Gasteiger charge is -2.07. The van der Waals surface area contributed by atoms with Crippen molar-refractivity contribution in [2.45, 2.75) is 12.3 Å². The second kappa shape index (κ2) is 4.73. The number of H-pyrrole nitrogens is 1. The maximum Gasteiger partial charge on any atom is 0.339 e. The standard InChI is InChI=1S/C12H18N4O2/c1-16(14)6-10(13)8-5-9(8)11-7(3-4-15-11)12(17)18-2/h3-4,6,8-9,15H,5,13-14H2,1-2H3/b10-6-/t8?,9-/m1/s1. The molecule has 1 fully saturated rings. The van der Waals surface area contributed by atoms with E-state index in [9.17, 15) is 4.79 Å². The van der Waals surface area contributed by atoms with Crippen LogP contribution in [0.3, 0.4) is 0 Å². The number of nitrogens with two attached hydrogens (primary N) is 2. The molecule has 1 aliphatic rings. The first kappa shape index (κ1) is 12.5. The first-order valence-electron chi connectivity index (χ1n) is 5.75. The first-order chi connectivity index (χ1) is 8.54. The number of nitrogens with one attached hydrogen (secondary N) is 1. The van der Waals surface area contributed by atoms with Crippen LogP contribution in [0.4, 0.5) is 0 Å². The Hall–Kier alpha value is -1.95. The molecule has 1 saturated carbocycles. The third-order valence-corrected chi connectivity index (χ3v) is 3.13. The summed E-state index contributed by atoms with van der Waals surface area (Å²) in [6, 6.07) is 1.73. The molecule has 0 amide bonds. The molecule has 18 heavy (non-hydrogen) atoms. The van der Waals surface area contributed by atoms with Crippen LogP contribution in [0.25, 0.3) is 0 Å². The fraction of sp³-hybridized carbons (Fsp3) is 0.417. The van der Waals surface area contributed by atoms with Crippen molar-refractivity contribution in [3.8, 4) is 0 Å². The van der Waals surface area contributed by atoms with Crippen molar-refractivity contribution in [1.29, 1.82) is 0 Å². The normalized spacial score (nSPS) is 22.7. The number of nitrogens with zero attached hydrogens (tertiary/aromatic N) is 1. The van der Waals surface area contributed by atoms with E-state index in [0.29, 0.717) is 5.56 Å². The molecule has 2 rings (SSSR count). The second-order valence-electron chi connectivity index (χ2n) is 4.54. The van der Waals surface area contributed by atoms with E-state index in [4.69, 9.17) is 16.3 Å².